The molecule has 5 rings (SSSR count). The van der Waals surface area contributed by atoms with Crippen LogP contribution >= 0.6 is 0 Å². The first kappa shape index (κ1) is 21.0. The van der Waals surface area contributed by atoms with Crippen molar-refractivity contribution < 1.29 is 18.0 Å². The number of aromatic nitrogens is 4. The number of para-hydroxylation sites is 2. The fraction of sp³-hybridized carbons (Fsp3) is 0.304. The van der Waals surface area contributed by atoms with Gasteiger partial charge in [-0.2, -0.15) is 15.2 Å². The average molecular weight is 452 g/mol. The van der Waals surface area contributed by atoms with Gasteiger partial charge in [-0.1, -0.05) is 19.1 Å². The molecule has 3 heterocycles. The van der Waals surface area contributed by atoms with E-state index in [9.17, 15) is 13.6 Å². The molecule has 33 heavy (non-hydrogen) atoms. The number of piperidine rings is 1. The van der Waals surface area contributed by atoms with Crippen LogP contribution in [0, 0.1) is 17.6 Å². The van der Waals surface area contributed by atoms with E-state index in [4.69, 9.17) is 4.42 Å². The summed E-state index contributed by atoms with van der Waals surface area (Å²) in [5.41, 5.74) is 1.12. The Morgan fingerprint density at radius 2 is 1.97 bits per heavy atom. The van der Waals surface area contributed by atoms with E-state index < -0.39 is 17.5 Å². The van der Waals surface area contributed by atoms with Crippen LogP contribution in [0.15, 0.2) is 53.2 Å². The Morgan fingerprint density at radius 1 is 1.18 bits per heavy atom. The van der Waals surface area contributed by atoms with Gasteiger partial charge in [0, 0.05) is 13.1 Å². The summed E-state index contributed by atoms with van der Waals surface area (Å²) in [7, 11) is 0. The molecule has 0 aliphatic carbocycles. The number of fused-ring (bicyclic) bond motifs is 1. The van der Waals surface area contributed by atoms with Crippen molar-refractivity contribution in [1.29, 1.82) is 0 Å². The Hall–Kier alpha value is -3.82. The minimum Gasteiger partial charge on any atom is -0.424 e. The third-order valence-electron chi connectivity index (χ3n) is 6.05. The minimum absolute atomic E-state index is 0.00561. The molecule has 1 amide bonds. The van der Waals surface area contributed by atoms with Gasteiger partial charge in [-0.15, -0.1) is 4.80 Å². The third-order valence-corrected chi connectivity index (χ3v) is 6.05. The molecule has 1 saturated heterocycles. The van der Waals surface area contributed by atoms with Gasteiger partial charge in [0.2, 0.25) is 0 Å². The van der Waals surface area contributed by atoms with Crippen LogP contribution in [0.4, 0.5) is 14.8 Å². The lowest BCUT2D eigenvalue weighted by Gasteiger charge is -2.40. The second-order valence-electron chi connectivity index (χ2n) is 8.13. The van der Waals surface area contributed by atoms with Crippen molar-refractivity contribution >= 4 is 23.0 Å². The Morgan fingerprint density at radius 3 is 2.76 bits per heavy atom. The number of nitrogens with one attached hydrogen (secondary N) is 1. The van der Waals surface area contributed by atoms with E-state index in [1.54, 1.807) is 4.90 Å². The number of rotatable bonds is 5. The number of amides is 1. The Kier molecular flexibility index (Phi) is 5.49. The molecule has 0 saturated carbocycles. The van der Waals surface area contributed by atoms with Crippen LogP contribution in [-0.4, -0.2) is 49.9 Å². The van der Waals surface area contributed by atoms with Crippen LogP contribution in [0.3, 0.4) is 0 Å². The van der Waals surface area contributed by atoms with Crippen molar-refractivity contribution in [3.63, 3.8) is 0 Å². The zero-order valence-electron chi connectivity index (χ0n) is 17.9. The molecule has 4 aromatic rings. The number of hydrogen-bond donors (Lipinski definition) is 1. The van der Waals surface area contributed by atoms with E-state index in [1.807, 2.05) is 24.3 Å². The molecule has 1 aliphatic rings. The molecular weight excluding hydrogens is 430 g/mol. The van der Waals surface area contributed by atoms with E-state index in [2.05, 4.69) is 27.4 Å². The topological polar surface area (TPSA) is 89.1 Å². The Balaban J connectivity index is 1.43. The normalized spacial score (nSPS) is 18.6. The number of halogens is 2. The number of nitrogens with zero attached hydrogens (tertiary/aromatic N) is 5. The minimum atomic E-state index is -1.16. The predicted octanol–water partition coefficient (Wildman–Crippen LogP) is 4.04. The van der Waals surface area contributed by atoms with Gasteiger partial charge in [0.05, 0.1) is 24.0 Å². The summed E-state index contributed by atoms with van der Waals surface area (Å²) in [6.45, 7) is 2.96. The maximum atomic E-state index is 14.7. The van der Waals surface area contributed by atoms with Crippen LogP contribution in [0.1, 0.15) is 30.1 Å². The standard InChI is InChI=1S/C23H22F2N6O2/c1-14-5-4-12-30(18(14)13-26-23-29-17-6-2-3-7-19(17)33-23)22(32)15-8-9-16(24)20(25)21(15)31-27-10-11-28-31/h2-3,6-11,14,18H,4-5,12-13H2,1H3,(H,26,29). The van der Waals surface area contributed by atoms with Crippen molar-refractivity contribution in [2.75, 3.05) is 18.4 Å². The summed E-state index contributed by atoms with van der Waals surface area (Å²) in [5.74, 6) is -2.46. The van der Waals surface area contributed by atoms with Crippen LogP contribution < -0.4 is 5.32 Å². The molecule has 0 bridgehead atoms. The lowest BCUT2D eigenvalue weighted by Crippen LogP contribution is -2.51. The summed E-state index contributed by atoms with van der Waals surface area (Å²) < 4.78 is 34.4. The van der Waals surface area contributed by atoms with E-state index in [0.29, 0.717) is 24.7 Å². The van der Waals surface area contributed by atoms with Crippen LogP contribution in [0.5, 0.6) is 0 Å². The van der Waals surface area contributed by atoms with Crippen molar-refractivity contribution in [3.05, 3.63) is 66.0 Å². The first-order valence-corrected chi connectivity index (χ1v) is 10.8. The van der Waals surface area contributed by atoms with Crippen molar-refractivity contribution in [3.8, 4) is 5.69 Å². The largest absolute Gasteiger partial charge is 0.424 e. The van der Waals surface area contributed by atoms with E-state index >= 15 is 0 Å². The molecule has 8 nitrogen and oxygen atoms in total. The zero-order chi connectivity index (χ0) is 22.9. The molecule has 1 aliphatic heterocycles. The Labute approximate surface area is 188 Å². The highest BCUT2D eigenvalue weighted by atomic mass is 19.2. The summed E-state index contributed by atoms with van der Waals surface area (Å²) in [4.78, 5) is 20.6. The second kappa shape index (κ2) is 8.61. The van der Waals surface area contributed by atoms with Crippen molar-refractivity contribution in [2.24, 2.45) is 5.92 Å². The molecule has 10 heteroatoms. The lowest BCUT2D eigenvalue weighted by atomic mass is 9.90. The van der Waals surface area contributed by atoms with E-state index in [0.717, 1.165) is 29.2 Å². The van der Waals surface area contributed by atoms with Gasteiger partial charge in [-0.3, -0.25) is 4.79 Å². The molecule has 2 atom stereocenters. The number of carbonyl (C=O) groups is 1. The number of likely N-dealkylation sites (tertiary alicyclic amines) is 1. The highest BCUT2D eigenvalue weighted by Gasteiger charge is 2.34. The first-order chi connectivity index (χ1) is 16.0. The quantitative estimate of drug-likeness (QED) is 0.492. The molecule has 170 valence electrons. The second-order valence-corrected chi connectivity index (χ2v) is 8.13. The van der Waals surface area contributed by atoms with E-state index in [1.165, 1.54) is 18.5 Å². The summed E-state index contributed by atoms with van der Waals surface area (Å²) in [6.07, 6.45) is 4.43. The molecule has 0 radical (unpaired) electrons. The van der Waals surface area contributed by atoms with Gasteiger partial charge >= 0.3 is 0 Å². The smallest absolute Gasteiger partial charge is 0.295 e. The molecule has 2 aromatic carbocycles. The number of anilines is 1. The van der Waals surface area contributed by atoms with Gasteiger partial charge < -0.3 is 14.6 Å². The maximum absolute atomic E-state index is 14.7. The van der Waals surface area contributed by atoms with Gasteiger partial charge in [0.15, 0.2) is 17.2 Å². The fourth-order valence-corrected chi connectivity index (χ4v) is 4.35. The number of oxazole rings is 1. The first-order valence-electron chi connectivity index (χ1n) is 10.8. The average Bonchev–Trinajstić information content (AvgIpc) is 3.49. The summed E-state index contributed by atoms with van der Waals surface area (Å²) in [5, 5.41) is 11.0. The summed E-state index contributed by atoms with van der Waals surface area (Å²) >= 11 is 0. The van der Waals surface area contributed by atoms with Crippen molar-refractivity contribution in [1.82, 2.24) is 24.9 Å². The van der Waals surface area contributed by atoms with Crippen LogP contribution in [0.25, 0.3) is 16.8 Å². The highest BCUT2D eigenvalue weighted by molar-refractivity contribution is 5.98. The van der Waals surface area contributed by atoms with Crippen molar-refractivity contribution in [2.45, 2.75) is 25.8 Å². The van der Waals surface area contributed by atoms with Gasteiger partial charge in [-0.25, -0.2) is 8.78 Å². The monoisotopic (exact) mass is 452 g/mol. The van der Waals surface area contributed by atoms with Gasteiger partial charge in [0.25, 0.3) is 11.9 Å². The molecule has 2 aromatic heterocycles. The Bertz CT molecular complexity index is 1260. The molecule has 1 N–H and O–H groups in total. The van der Waals surface area contributed by atoms with Crippen LogP contribution in [-0.2, 0) is 0 Å². The molecular formula is C23H22F2N6O2. The lowest BCUT2D eigenvalue weighted by molar-refractivity contribution is 0.0538. The third kappa shape index (κ3) is 3.92. The van der Waals surface area contributed by atoms with E-state index in [-0.39, 0.29) is 23.2 Å². The SMILES string of the molecule is CC1CCCN(C(=O)c2ccc(F)c(F)c2-n2nccn2)C1CNc1nc2ccccc2o1. The summed E-state index contributed by atoms with van der Waals surface area (Å²) in [6, 6.07) is 9.85. The maximum Gasteiger partial charge on any atom is 0.295 e. The number of hydrogen-bond acceptors (Lipinski definition) is 6. The van der Waals surface area contributed by atoms with Gasteiger partial charge in [0.1, 0.15) is 11.2 Å². The molecule has 1 fully saturated rings. The van der Waals surface area contributed by atoms with Gasteiger partial charge in [-0.05, 0) is 43.0 Å². The number of benzene rings is 2. The number of carbonyl (C=O) groups excluding carboxylic acids is 1. The fourth-order valence-electron chi connectivity index (χ4n) is 4.35. The molecule has 0 spiro atoms. The van der Waals surface area contributed by atoms with Crippen LogP contribution in [0.2, 0.25) is 0 Å². The predicted molar refractivity (Wildman–Crippen MR) is 117 cm³/mol. The highest BCUT2D eigenvalue weighted by Crippen LogP contribution is 2.29. The molecule has 2 unspecified atom stereocenters. The zero-order valence-corrected chi connectivity index (χ0v) is 17.9.